The average molecular weight is 222 g/mol. The number of ketones is 1. The second-order valence-corrected chi connectivity index (χ2v) is 4.99. The quantitative estimate of drug-likeness (QED) is 0.446. The van der Waals surface area contributed by atoms with Crippen LogP contribution in [-0.4, -0.2) is 5.78 Å². The molecule has 0 N–H and O–H groups in total. The van der Waals surface area contributed by atoms with Crippen molar-refractivity contribution in [2.24, 2.45) is 0 Å². The normalized spacial score (nSPS) is 16.2. The van der Waals surface area contributed by atoms with Gasteiger partial charge in [0, 0.05) is 6.42 Å². The number of allylic oxidation sites excluding steroid dienone is 2. The number of carbonyl (C=O) groups excluding carboxylic acids is 1. The zero-order chi connectivity index (χ0) is 11.6. The molecule has 1 fully saturated rings. The van der Waals surface area contributed by atoms with E-state index in [1.54, 1.807) is 0 Å². The third kappa shape index (κ3) is 6.09. The molecule has 1 nitrogen and oxygen atoms in total. The first-order valence-corrected chi connectivity index (χ1v) is 7.05. The van der Waals surface area contributed by atoms with Gasteiger partial charge < -0.3 is 0 Å². The smallest absolute Gasteiger partial charge is 0.155 e. The van der Waals surface area contributed by atoms with Gasteiger partial charge in [0.05, 0.1) is 0 Å². The summed E-state index contributed by atoms with van der Waals surface area (Å²) in [5, 5.41) is 0. The Labute approximate surface area is 100 Å². The Morgan fingerprint density at radius 1 is 1.06 bits per heavy atom. The van der Waals surface area contributed by atoms with Gasteiger partial charge in [-0.05, 0) is 38.2 Å². The van der Waals surface area contributed by atoms with Gasteiger partial charge >= 0.3 is 0 Å². The van der Waals surface area contributed by atoms with Gasteiger partial charge in [0.15, 0.2) is 5.78 Å². The lowest BCUT2D eigenvalue weighted by Gasteiger charge is -2.12. The summed E-state index contributed by atoms with van der Waals surface area (Å²) in [5.41, 5.74) is 1.41. The number of hydrogen-bond donors (Lipinski definition) is 0. The standard InChI is InChI=1S/C15H26O/c1-2-3-4-5-9-12-15(16)13-14-10-7-6-8-11-14/h13H,2-12H2,1H3. The third-order valence-corrected chi connectivity index (χ3v) is 3.39. The summed E-state index contributed by atoms with van der Waals surface area (Å²) in [6.07, 6.45) is 15.2. The van der Waals surface area contributed by atoms with E-state index in [1.807, 2.05) is 6.08 Å². The Morgan fingerprint density at radius 3 is 2.44 bits per heavy atom. The van der Waals surface area contributed by atoms with E-state index in [4.69, 9.17) is 0 Å². The van der Waals surface area contributed by atoms with E-state index in [-0.39, 0.29) is 0 Å². The van der Waals surface area contributed by atoms with Crippen molar-refractivity contribution in [3.63, 3.8) is 0 Å². The highest BCUT2D eigenvalue weighted by molar-refractivity contribution is 5.90. The minimum Gasteiger partial charge on any atom is -0.295 e. The second kappa shape index (κ2) is 8.55. The number of hydrogen-bond acceptors (Lipinski definition) is 1. The molecule has 0 unspecified atom stereocenters. The summed E-state index contributed by atoms with van der Waals surface area (Å²) in [6, 6.07) is 0. The fourth-order valence-corrected chi connectivity index (χ4v) is 2.35. The van der Waals surface area contributed by atoms with Gasteiger partial charge in [-0.3, -0.25) is 4.79 Å². The Morgan fingerprint density at radius 2 is 1.75 bits per heavy atom. The van der Waals surface area contributed by atoms with E-state index < -0.39 is 0 Å². The molecule has 1 rings (SSSR count). The summed E-state index contributed by atoms with van der Waals surface area (Å²) in [5.74, 6) is 0.369. The Bertz CT molecular complexity index is 220. The maximum absolute atomic E-state index is 11.7. The van der Waals surface area contributed by atoms with Gasteiger partial charge in [0.2, 0.25) is 0 Å². The fourth-order valence-electron chi connectivity index (χ4n) is 2.35. The zero-order valence-electron chi connectivity index (χ0n) is 10.8. The van der Waals surface area contributed by atoms with Crippen LogP contribution in [0.5, 0.6) is 0 Å². The molecule has 1 heteroatoms. The molecular weight excluding hydrogens is 196 g/mol. The monoisotopic (exact) mass is 222 g/mol. The second-order valence-electron chi connectivity index (χ2n) is 4.99. The first-order valence-electron chi connectivity index (χ1n) is 7.05. The minimum absolute atomic E-state index is 0.369. The van der Waals surface area contributed by atoms with Crippen LogP contribution >= 0.6 is 0 Å². The van der Waals surface area contributed by atoms with Gasteiger partial charge in [-0.15, -0.1) is 0 Å². The van der Waals surface area contributed by atoms with Crippen molar-refractivity contribution in [1.29, 1.82) is 0 Å². The van der Waals surface area contributed by atoms with Gasteiger partial charge in [0.1, 0.15) is 0 Å². The van der Waals surface area contributed by atoms with E-state index >= 15 is 0 Å². The minimum atomic E-state index is 0.369. The summed E-state index contributed by atoms with van der Waals surface area (Å²) in [6.45, 7) is 2.22. The van der Waals surface area contributed by atoms with Gasteiger partial charge in [-0.2, -0.15) is 0 Å². The molecule has 0 radical (unpaired) electrons. The van der Waals surface area contributed by atoms with Crippen LogP contribution in [0, 0.1) is 0 Å². The van der Waals surface area contributed by atoms with Crippen molar-refractivity contribution in [3.05, 3.63) is 11.6 Å². The molecule has 0 bridgehead atoms. The predicted molar refractivity (Wildman–Crippen MR) is 69.6 cm³/mol. The highest BCUT2D eigenvalue weighted by Gasteiger charge is 2.07. The van der Waals surface area contributed by atoms with E-state index in [0.29, 0.717) is 5.78 Å². The van der Waals surface area contributed by atoms with Crippen molar-refractivity contribution in [3.8, 4) is 0 Å². The molecule has 1 aliphatic carbocycles. The van der Waals surface area contributed by atoms with Crippen molar-refractivity contribution < 1.29 is 4.79 Å². The first-order chi connectivity index (χ1) is 7.83. The molecule has 0 aliphatic heterocycles. The van der Waals surface area contributed by atoms with Crippen LogP contribution in [0.3, 0.4) is 0 Å². The number of unbranched alkanes of at least 4 members (excludes halogenated alkanes) is 4. The van der Waals surface area contributed by atoms with Crippen LogP contribution in [0.15, 0.2) is 11.6 Å². The van der Waals surface area contributed by atoms with Crippen LogP contribution in [0.2, 0.25) is 0 Å². The SMILES string of the molecule is CCCCCCCC(=O)C=C1CCCCC1. The molecule has 0 heterocycles. The molecule has 92 valence electrons. The largest absolute Gasteiger partial charge is 0.295 e. The van der Waals surface area contributed by atoms with E-state index in [0.717, 1.165) is 12.8 Å². The van der Waals surface area contributed by atoms with Gasteiger partial charge in [0.25, 0.3) is 0 Å². The Kier molecular flexibility index (Phi) is 7.20. The maximum atomic E-state index is 11.7. The van der Waals surface area contributed by atoms with Gasteiger partial charge in [-0.1, -0.05) is 44.6 Å². The Balaban J connectivity index is 2.09. The van der Waals surface area contributed by atoms with Crippen LogP contribution in [0.25, 0.3) is 0 Å². The summed E-state index contributed by atoms with van der Waals surface area (Å²) < 4.78 is 0. The van der Waals surface area contributed by atoms with E-state index in [1.165, 1.54) is 63.4 Å². The molecule has 0 saturated heterocycles. The lowest BCUT2D eigenvalue weighted by molar-refractivity contribution is -0.114. The third-order valence-electron chi connectivity index (χ3n) is 3.39. The van der Waals surface area contributed by atoms with Crippen LogP contribution < -0.4 is 0 Å². The molecule has 0 atom stereocenters. The highest BCUT2D eigenvalue weighted by atomic mass is 16.1. The molecule has 0 aromatic rings. The first kappa shape index (κ1) is 13.5. The van der Waals surface area contributed by atoms with Crippen molar-refractivity contribution >= 4 is 5.78 Å². The van der Waals surface area contributed by atoms with Crippen LogP contribution in [0.1, 0.15) is 77.6 Å². The lowest BCUT2D eigenvalue weighted by atomic mass is 9.93. The lowest BCUT2D eigenvalue weighted by Crippen LogP contribution is -1.99. The van der Waals surface area contributed by atoms with Crippen molar-refractivity contribution in [1.82, 2.24) is 0 Å². The summed E-state index contributed by atoms with van der Waals surface area (Å²) >= 11 is 0. The predicted octanol–water partition coefficient (Wildman–Crippen LogP) is 4.81. The number of rotatable bonds is 7. The summed E-state index contributed by atoms with van der Waals surface area (Å²) in [4.78, 5) is 11.7. The molecule has 0 aromatic heterocycles. The molecule has 0 aromatic carbocycles. The Hall–Kier alpha value is -0.590. The van der Waals surface area contributed by atoms with Crippen molar-refractivity contribution in [2.45, 2.75) is 77.6 Å². The fraction of sp³-hybridized carbons (Fsp3) is 0.800. The topological polar surface area (TPSA) is 17.1 Å². The maximum Gasteiger partial charge on any atom is 0.155 e. The molecule has 0 spiro atoms. The molecule has 1 aliphatic rings. The zero-order valence-corrected chi connectivity index (χ0v) is 10.8. The molecular formula is C15H26O. The highest BCUT2D eigenvalue weighted by Crippen LogP contribution is 2.22. The van der Waals surface area contributed by atoms with Gasteiger partial charge in [-0.25, -0.2) is 0 Å². The van der Waals surface area contributed by atoms with Crippen molar-refractivity contribution in [2.75, 3.05) is 0 Å². The number of carbonyl (C=O) groups is 1. The van der Waals surface area contributed by atoms with E-state index in [2.05, 4.69) is 6.92 Å². The molecule has 16 heavy (non-hydrogen) atoms. The van der Waals surface area contributed by atoms with E-state index in [9.17, 15) is 4.79 Å². The van der Waals surface area contributed by atoms with Crippen LogP contribution in [-0.2, 0) is 4.79 Å². The van der Waals surface area contributed by atoms with Crippen LogP contribution in [0.4, 0.5) is 0 Å². The average Bonchev–Trinajstić information content (AvgIpc) is 2.30. The summed E-state index contributed by atoms with van der Waals surface area (Å²) in [7, 11) is 0. The molecule has 1 saturated carbocycles. The molecule has 0 amide bonds.